The van der Waals surface area contributed by atoms with Crippen LogP contribution in [-0.4, -0.2) is 70.9 Å². The Kier molecular flexibility index (Phi) is 11.6. The average molecular weight is 610 g/mol. The average Bonchev–Trinajstić information content (AvgIpc) is 2.83. The van der Waals surface area contributed by atoms with Gasteiger partial charge in [-0.3, -0.25) is 19.8 Å². The van der Waals surface area contributed by atoms with Crippen LogP contribution in [0.1, 0.15) is 36.7 Å². The van der Waals surface area contributed by atoms with Crippen molar-refractivity contribution < 1.29 is 47.6 Å². The quantitative estimate of drug-likeness (QED) is 0.0632. The van der Waals surface area contributed by atoms with E-state index in [0.29, 0.717) is 0 Å². The highest BCUT2D eigenvalue weighted by molar-refractivity contribution is 6.76. The summed E-state index contributed by atoms with van der Waals surface area (Å²) in [6.07, 6.45) is -7.95. The zero-order valence-electron chi connectivity index (χ0n) is 20.7. The van der Waals surface area contributed by atoms with Crippen LogP contribution in [0.5, 0.6) is 0 Å². The van der Waals surface area contributed by atoms with Gasteiger partial charge in [0.05, 0.1) is 12.1 Å². The number of ether oxygens (including phenoxy) is 6. The van der Waals surface area contributed by atoms with Gasteiger partial charge in [0, 0.05) is 25.7 Å². The molecule has 17 heteroatoms. The Hall–Kier alpha value is -3.29. The second kappa shape index (κ2) is 14.2. The number of benzene rings is 1. The molecule has 0 amide bonds. The predicted octanol–water partition coefficient (Wildman–Crippen LogP) is 3.54. The first kappa shape index (κ1) is 31.9. The van der Waals surface area contributed by atoms with E-state index in [4.69, 9.17) is 74.2 Å². The number of carbonyl (C=O) groups excluding carboxylic acids is 4. The van der Waals surface area contributed by atoms with Gasteiger partial charge in [0.1, 0.15) is 12.7 Å². The van der Waals surface area contributed by atoms with Crippen molar-refractivity contribution in [3.8, 4) is 0 Å². The van der Waals surface area contributed by atoms with Crippen molar-refractivity contribution in [1.29, 1.82) is 5.41 Å². The highest BCUT2D eigenvalue weighted by atomic mass is 35.6. The summed E-state index contributed by atoms with van der Waals surface area (Å²) in [7, 11) is 0. The van der Waals surface area contributed by atoms with E-state index >= 15 is 0 Å². The molecule has 0 aliphatic carbocycles. The van der Waals surface area contributed by atoms with Crippen molar-refractivity contribution >= 4 is 64.6 Å². The molecule has 1 fully saturated rings. The molecule has 0 bridgehead atoms. The van der Waals surface area contributed by atoms with Crippen molar-refractivity contribution in [2.75, 3.05) is 6.61 Å². The van der Waals surface area contributed by atoms with E-state index in [1.807, 2.05) is 0 Å². The maximum atomic E-state index is 13.3. The van der Waals surface area contributed by atoms with Crippen LogP contribution in [0.15, 0.2) is 29.4 Å². The number of esters is 4. The second-order valence-electron chi connectivity index (χ2n) is 7.85. The molecule has 1 aliphatic heterocycles. The first-order valence-corrected chi connectivity index (χ1v) is 12.1. The number of carbonyl (C=O) groups is 4. The molecule has 1 aliphatic rings. The number of nitrogens with zero attached hydrogens (tertiary/aromatic N) is 3. The van der Waals surface area contributed by atoms with Gasteiger partial charge in [-0.2, -0.15) is 0 Å². The minimum atomic E-state index is -2.38. The molecule has 1 saturated heterocycles. The van der Waals surface area contributed by atoms with E-state index in [-0.39, 0.29) is 17.7 Å². The van der Waals surface area contributed by atoms with Crippen LogP contribution < -0.4 is 0 Å². The Morgan fingerprint density at radius 3 is 2.15 bits per heavy atom. The highest BCUT2D eigenvalue weighted by Crippen LogP contribution is 2.34. The maximum Gasteiger partial charge on any atom is 0.339 e. The minimum Gasteiger partial charge on any atom is -0.463 e. The lowest BCUT2D eigenvalue weighted by molar-refractivity contribution is -0.288. The van der Waals surface area contributed by atoms with Crippen molar-refractivity contribution in [2.45, 2.75) is 61.8 Å². The van der Waals surface area contributed by atoms with Crippen molar-refractivity contribution in [1.82, 2.24) is 0 Å². The fraction of sp³-hybridized carbons (Fsp3) is 0.500. The molecule has 2 rings (SSSR count). The number of alkyl halides is 3. The fourth-order valence-electron chi connectivity index (χ4n) is 3.43. The van der Waals surface area contributed by atoms with E-state index in [2.05, 4.69) is 10.0 Å². The van der Waals surface area contributed by atoms with Crippen LogP contribution in [-0.2, 0) is 49.3 Å². The molecule has 0 saturated carbocycles. The summed E-state index contributed by atoms with van der Waals surface area (Å²) in [5.41, 5.74) is 8.91. The van der Waals surface area contributed by atoms with Crippen molar-refractivity contribution in [2.24, 2.45) is 5.11 Å². The normalized spacial score (nSPS) is 22.5. The molecular formula is C22H23Cl3N4O10. The summed E-state index contributed by atoms with van der Waals surface area (Å²) in [6.45, 7) is 2.48. The van der Waals surface area contributed by atoms with Gasteiger partial charge in [0.25, 0.3) is 3.79 Å². The van der Waals surface area contributed by atoms with Crippen LogP contribution in [0.4, 0.5) is 0 Å². The van der Waals surface area contributed by atoms with Gasteiger partial charge < -0.3 is 28.4 Å². The van der Waals surface area contributed by atoms with Crippen molar-refractivity contribution in [3.63, 3.8) is 0 Å². The molecule has 1 aromatic carbocycles. The van der Waals surface area contributed by atoms with E-state index in [1.165, 1.54) is 18.2 Å². The number of hydrogen-bond acceptors (Lipinski definition) is 12. The topological polar surface area (TPSA) is 196 Å². The van der Waals surface area contributed by atoms with Crippen LogP contribution in [0.3, 0.4) is 0 Å². The summed E-state index contributed by atoms with van der Waals surface area (Å²) in [4.78, 5) is 51.4. The SMILES string of the molecule is CC(=O)OC[C@H]1O[C@@H](OC(=N)C(Cl)(Cl)Cl)[C@H](OC(=O)c2ccccc2CN=[N+]=[N-])[C@@H](OC(C)=O)[C@H]1OC(C)=O. The third-order valence-electron chi connectivity index (χ3n) is 4.92. The van der Waals surface area contributed by atoms with Crippen LogP contribution in [0.25, 0.3) is 10.4 Å². The Morgan fingerprint density at radius 2 is 1.59 bits per heavy atom. The first-order chi connectivity index (χ1) is 18.2. The fourth-order valence-corrected chi connectivity index (χ4v) is 3.56. The number of rotatable bonds is 9. The Labute approximate surface area is 236 Å². The Bertz CT molecular complexity index is 1160. The summed E-state index contributed by atoms with van der Waals surface area (Å²) in [5.74, 6) is -4.42. The standard InChI is InChI=1S/C22H23Cl3N4O10/c1-10(30)34-9-15-16(35-11(2)31)17(36-12(3)32)18(20(37-15)39-21(26)22(23,24)25)38-19(33)14-7-5-4-6-13(14)8-28-29-27/h4-7,15-18,20,26H,8-9H2,1-3H3/t15-,16+,17+,18-,20+/m1/s1. The van der Waals surface area contributed by atoms with Crippen LogP contribution >= 0.6 is 34.8 Å². The molecule has 39 heavy (non-hydrogen) atoms. The maximum absolute atomic E-state index is 13.3. The number of azide groups is 1. The molecule has 1 N–H and O–H groups in total. The monoisotopic (exact) mass is 608 g/mol. The summed E-state index contributed by atoms with van der Waals surface area (Å²) in [5, 5.41) is 11.4. The molecule has 0 unspecified atom stereocenters. The van der Waals surface area contributed by atoms with Gasteiger partial charge in [-0.15, -0.1) is 0 Å². The lowest BCUT2D eigenvalue weighted by atomic mass is 9.98. The Balaban J connectivity index is 2.58. The lowest BCUT2D eigenvalue weighted by Crippen LogP contribution is -2.63. The molecule has 1 heterocycles. The van der Waals surface area contributed by atoms with Gasteiger partial charge in [0.2, 0.25) is 18.3 Å². The Morgan fingerprint density at radius 1 is 0.974 bits per heavy atom. The van der Waals surface area contributed by atoms with Crippen LogP contribution in [0.2, 0.25) is 0 Å². The van der Waals surface area contributed by atoms with E-state index in [0.717, 1.165) is 20.8 Å². The van der Waals surface area contributed by atoms with Crippen molar-refractivity contribution in [3.05, 3.63) is 45.8 Å². The third kappa shape index (κ3) is 9.44. The van der Waals surface area contributed by atoms with Gasteiger partial charge >= 0.3 is 23.9 Å². The first-order valence-electron chi connectivity index (χ1n) is 11.0. The minimum absolute atomic E-state index is 0.0345. The zero-order valence-corrected chi connectivity index (χ0v) is 22.9. The summed E-state index contributed by atoms with van der Waals surface area (Å²) < 4.78 is 29.9. The summed E-state index contributed by atoms with van der Waals surface area (Å²) in [6, 6.07) is 5.99. The predicted molar refractivity (Wildman–Crippen MR) is 134 cm³/mol. The molecule has 5 atom stereocenters. The largest absolute Gasteiger partial charge is 0.463 e. The highest BCUT2D eigenvalue weighted by Gasteiger charge is 2.54. The molecule has 0 spiro atoms. The third-order valence-corrected chi connectivity index (χ3v) is 5.44. The van der Waals surface area contributed by atoms with Gasteiger partial charge in [-0.05, 0) is 17.2 Å². The van der Waals surface area contributed by atoms with Gasteiger partial charge in [-0.1, -0.05) is 58.1 Å². The van der Waals surface area contributed by atoms with Gasteiger partial charge in [-0.25, -0.2) is 4.79 Å². The molecule has 1 aromatic rings. The number of hydrogen-bond donors (Lipinski definition) is 1. The lowest BCUT2D eigenvalue weighted by Gasteiger charge is -2.44. The van der Waals surface area contributed by atoms with E-state index < -0.39 is 70.9 Å². The molecule has 14 nitrogen and oxygen atoms in total. The zero-order chi connectivity index (χ0) is 29.3. The van der Waals surface area contributed by atoms with E-state index in [1.54, 1.807) is 6.07 Å². The molecular weight excluding hydrogens is 587 g/mol. The molecule has 0 radical (unpaired) electrons. The number of halogens is 3. The molecule has 0 aromatic heterocycles. The van der Waals surface area contributed by atoms with E-state index in [9.17, 15) is 19.2 Å². The van der Waals surface area contributed by atoms with Crippen LogP contribution in [0, 0.1) is 5.41 Å². The number of nitrogens with one attached hydrogen (secondary N) is 1. The van der Waals surface area contributed by atoms with Gasteiger partial charge in [0.15, 0.2) is 12.2 Å². The summed E-state index contributed by atoms with van der Waals surface area (Å²) >= 11 is 17.2. The molecule has 212 valence electrons. The second-order valence-corrected chi connectivity index (χ2v) is 10.1. The smallest absolute Gasteiger partial charge is 0.339 e.